The number of aromatic nitrogens is 1. The molecule has 1 unspecified atom stereocenters. The van der Waals surface area contributed by atoms with Crippen molar-refractivity contribution in [2.75, 3.05) is 26.3 Å². The Labute approximate surface area is 111 Å². The van der Waals surface area contributed by atoms with E-state index in [1.807, 2.05) is 0 Å². The van der Waals surface area contributed by atoms with Crippen molar-refractivity contribution in [1.82, 2.24) is 10.3 Å². The average Bonchev–Trinajstić information content (AvgIpc) is 2.84. The van der Waals surface area contributed by atoms with E-state index in [0.717, 1.165) is 13.1 Å². The molecule has 1 atom stereocenters. The van der Waals surface area contributed by atoms with Gasteiger partial charge in [0.05, 0.1) is 6.61 Å². The molecular formula is C11H17ClN2O2S. The average molecular weight is 277 g/mol. The minimum Gasteiger partial charge on any atom is -0.373 e. The van der Waals surface area contributed by atoms with Gasteiger partial charge in [0.2, 0.25) is 5.78 Å². The maximum Gasteiger partial charge on any atom is 0.216 e. The van der Waals surface area contributed by atoms with Gasteiger partial charge < -0.3 is 10.1 Å². The number of carbonyl (C=O) groups is 1. The van der Waals surface area contributed by atoms with Crippen LogP contribution in [0, 0.1) is 5.92 Å². The first-order chi connectivity index (χ1) is 7.86. The van der Waals surface area contributed by atoms with Gasteiger partial charge in [-0.1, -0.05) is 0 Å². The van der Waals surface area contributed by atoms with Crippen LogP contribution in [-0.2, 0) is 4.74 Å². The Morgan fingerprint density at radius 1 is 1.65 bits per heavy atom. The van der Waals surface area contributed by atoms with Crippen LogP contribution < -0.4 is 5.32 Å². The Bertz CT molecular complexity index is 326. The van der Waals surface area contributed by atoms with Gasteiger partial charge in [-0.05, 0) is 25.3 Å². The standard InChI is InChI=1S/C11H16N2O2S.ClH/c14-10(11-13-4-5-16-11)8-15-7-9-2-1-3-12-6-9;/h4-5,9,12H,1-3,6-8H2;1H. The number of thiazole rings is 1. The van der Waals surface area contributed by atoms with Gasteiger partial charge in [-0.15, -0.1) is 23.7 Å². The summed E-state index contributed by atoms with van der Waals surface area (Å²) in [6, 6.07) is 0. The fraction of sp³-hybridized carbons (Fsp3) is 0.636. The predicted octanol–water partition coefficient (Wildman–Crippen LogP) is 1.76. The van der Waals surface area contributed by atoms with E-state index < -0.39 is 0 Å². The third-order valence-corrected chi connectivity index (χ3v) is 3.47. The zero-order chi connectivity index (χ0) is 11.2. The van der Waals surface area contributed by atoms with Crippen molar-refractivity contribution < 1.29 is 9.53 Å². The number of piperidine rings is 1. The Kier molecular flexibility index (Phi) is 6.65. The first-order valence-corrected chi connectivity index (χ1v) is 6.45. The highest BCUT2D eigenvalue weighted by atomic mass is 35.5. The molecule has 0 bridgehead atoms. The normalized spacial score (nSPS) is 19.6. The number of rotatable bonds is 5. The Balaban J connectivity index is 0.00000144. The molecule has 1 N–H and O–H groups in total. The van der Waals surface area contributed by atoms with Crippen molar-refractivity contribution >= 4 is 29.5 Å². The van der Waals surface area contributed by atoms with Crippen LogP contribution in [0.1, 0.15) is 22.6 Å². The summed E-state index contributed by atoms with van der Waals surface area (Å²) in [5.41, 5.74) is 0. The summed E-state index contributed by atoms with van der Waals surface area (Å²) in [6.07, 6.45) is 4.04. The van der Waals surface area contributed by atoms with Crippen LogP contribution in [0.5, 0.6) is 0 Å². The molecule has 0 radical (unpaired) electrons. The van der Waals surface area contributed by atoms with Gasteiger partial charge in [0, 0.05) is 18.1 Å². The van der Waals surface area contributed by atoms with Crippen LogP contribution in [0.15, 0.2) is 11.6 Å². The zero-order valence-corrected chi connectivity index (χ0v) is 11.2. The number of halogens is 1. The molecule has 2 rings (SSSR count). The second-order valence-corrected chi connectivity index (χ2v) is 4.88. The third-order valence-electron chi connectivity index (χ3n) is 2.66. The lowest BCUT2D eigenvalue weighted by molar-refractivity contribution is 0.0645. The molecule has 1 fully saturated rings. The molecule has 2 heterocycles. The number of ether oxygens (including phenoxy) is 1. The van der Waals surface area contributed by atoms with Crippen LogP contribution in [-0.4, -0.2) is 37.1 Å². The van der Waals surface area contributed by atoms with Gasteiger partial charge in [-0.3, -0.25) is 4.79 Å². The lowest BCUT2D eigenvalue weighted by Gasteiger charge is -2.22. The summed E-state index contributed by atoms with van der Waals surface area (Å²) in [4.78, 5) is 15.5. The lowest BCUT2D eigenvalue weighted by Crippen LogP contribution is -2.32. The van der Waals surface area contributed by atoms with Gasteiger partial charge in [0.25, 0.3) is 0 Å². The summed E-state index contributed by atoms with van der Waals surface area (Å²) in [5.74, 6) is 0.539. The van der Waals surface area contributed by atoms with Crippen molar-refractivity contribution in [3.05, 3.63) is 16.6 Å². The molecule has 0 amide bonds. The van der Waals surface area contributed by atoms with Crippen LogP contribution in [0.3, 0.4) is 0 Å². The molecule has 1 aromatic rings. The van der Waals surface area contributed by atoms with Crippen molar-refractivity contribution in [3.8, 4) is 0 Å². The molecule has 1 aromatic heterocycles. The SMILES string of the molecule is Cl.O=C(COCC1CCCNC1)c1nccs1. The predicted molar refractivity (Wildman–Crippen MR) is 70.1 cm³/mol. The highest BCUT2D eigenvalue weighted by Gasteiger charge is 2.14. The maximum atomic E-state index is 11.6. The Morgan fingerprint density at radius 2 is 2.53 bits per heavy atom. The lowest BCUT2D eigenvalue weighted by atomic mass is 10.0. The number of hydrogen-bond acceptors (Lipinski definition) is 5. The summed E-state index contributed by atoms with van der Waals surface area (Å²) in [6.45, 7) is 2.94. The topological polar surface area (TPSA) is 51.2 Å². The number of Topliss-reactive ketones (excluding diaryl/α,β-unsaturated/α-hetero) is 1. The molecule has 0 aromatic carbocycles. The monoisotopic (exact) mass is 276 g/mol. The van der Waals surface area contributed by atoms with Gasteiger partial charge in [-0.25, -0.2) is 4.98 Å². The summed E-state index contributed by atoms with van der Waals surface area (Å²) in [7, 11) is 0. The van der Waals surface area contributed by atoms with E-state index in [9.17, 15) is 4.79 Å². The van der Waals surface area contributed by atoms with E-state index >= 15 is 0 Å². The highest BCUT2D eigenvalue weighted by molar-refractivity contribution is 7.11. The van der Waals surface area contributed by atoms with Gasteiger partial charge >= 0.3 is 0 Å². The van der Waals surface area contributed by atoms with E-state index in [0.29, 0.717) is 17.5 Å². The molecule has 1 aliphatic rings. The molecule has 4 nitrogen and oxygen atoms in total. The molecule has 0 aliphatic carbocycles. The molecule has 17 heavy (non-hydrogen) atoms. The Hall–Kier alpha value is -0.490. The largest absolute Gasteiger partial charge is 0.373 e. The summed E-state index contributed by atoms with van der Waals surface area (Å²) >= 11 is 1.36. The molecule has 96 valence electrons. The highest BCUT2D eigenvalue weighted by Crippen LogP contribution is 2.10. The minimum absolute atomic E-state index is 0. The number of hydrogen-bond donors (Lipinski definition) is 1. The quantitative estimate of drug-likeness (QED) is 0.833. The van der Waals surface area contributed by atoms with Crippen molar-refractivity contribution in [2.24, 2.45) is 5.92 Å². The molecular weight excluding hydrogens is 260 g/mol. The van der Waals surface area contributed by atoms with Crippen LogP contribution >= 0.6 is 23.7 Å². The second-order valence-electron chi connectivity index (χ2n) is 3.99. The molecule has 6 heteroatoms. The summed E-state index contributed by atoms with van der Waals surface area (Å²) < 4.78 is 5.44. The van der Waals surface area contributed by atoms with Crippen LogP contribution in [0.4, 0.5) is 0 Å². The van der Waals surface area contributed by atoms with Gasteiger partial charge in [-0.2, -0.15) is 0 Å². The fourth-order valence-electron chi connectivity index (χ4n) is 1.81. The van der Waals surface area contributed by atoms with E-state index in [2.05, 4.69) is 10.3 Å². The van der Waals surface area contributed by atoms with Crippen LogP contribution in [0.2, 0.25) is 0 Å². The van der Waals surface area contributed by atoms with Crippen molar-refractivity contribution in [3.63, 3.8) is 0 Å². The van der Waals surface area contributed by atoms with Gasteiger partial charge in [0.15, 0.2) is 5.01 Å². The maximum absolute atomic E-state index is 11.6. The third kappa shape index (κ3) is 4.71. The molecule has 1 saturated heterocycles. The van der Waals surface area contributed by atoms with E-state index in [1.165, 1.54) is 24.2 Å². The smallest absolute Gasteiger partial charge is 0.216 e. The molecule has 1 aliphatic heterocycles. The van der Waals surface area contributed by atoms with E-state index in [4.69, 9.17) is 4.74 Å². The van der Waals surface area contributed by atoms with Crippen molar-refractivity contribution in [2.45, 2.75) is 12.8 Å². The zero-order valence-electron chi connectivity index (χ0n) is 9.55. The number of nitrogens with one attached hydrogen (secondary N) is 1. The fourth-order valence-corrected chi connectivity index (χ4v) is 2.37. The number of carbonyl (C=O) groups excluding carboxylic acids is 1. The first kappa shape index (κ1) is 14.6. The van der Waals surface area contributed by atoms with E-state index in [1.54, 1.807) is 11.6 Å². The summed E-state index contributed by atoms with van der Waals surface area (Å²) in [5, 5.41) is 5.67. The minimum atomic E-state index is -0.0150. The molecule has 0 saturated carbocycles. The Morgan fingerprint density at radius 3 is 3.18 bits per heavy atom. The molecule has 0 spiro atoms. The number of ketones is 1. The second kappa shape index (κ2) is 7.76. The number of nitrogens with zero attached hydrogens (tertiary/aromatic N) is 1. The van der Waals surface area contributed by atoms with Crippen LogP contribution in [0.25, 0.3) is 0 Å². The first-order valence-electron chi connectivity index (χ1n) is 5.57. The van der Waals surface area contributed by atoms with E-state index in [-0.39, 0.29) is 24.8 Å². The van der Waals surface area contributed by atoms with Crippen molar-refractivity contribution in [1.29, 1.82) is 0 Å². The van der Waals surface area contributed by atoms with Gasteiger partial charge in [0.1, 0.15) is 6.61 Å².